The predicted octanol–water partition coefficient (Wildman–Crippen LogP) is 3.41. The Bertz CT molecular complexity index is 682. The number of hydroxylamine groups is 1. The minimum atomic E-state index is -4.45. The zero-order chi connectivity index (χ0) is 16.8. The first-order chi connectivity index (χ1) is 10.8. The van der Waals surface area contributed by atoms with E-state index in [1.54, 1.807) is 6.08 Å². The monoisotopic (exact) mass is 325 g/mol. The van der Waals surface area contributed by atoms with Crippen LogP contribution >= 0.6 is 0 Å². The van der Waals surface area contributed by atoms with Crippen molar-refractivity contribution < 1.29 is 18.3 Å². The van der Waals surface area contributed by atoms with Crippen molar-refractivity contribution in [1.82, 2.24) is 10.6 Å². The first-order valence-corrected chi connectivity index (χ1v) is 7.30. The van der Waals surface area contributed by atoms with E-state index in [0.717, 1.165) is 12.1 Å². The Morgan fingerprint density at radius 3 is 2.78 bits per heavy atom. The number of alkyl halides is 3. The summed E-state index contributed by atoms with van der Waals surface area (Å²) >= 11 is 0. The number of nitrogens with one attached hydrogen (secondary N) is 1. The van der Waals surface area contributed by atoms with Crippen molar-refractivity contribution >= 4 is 5.70 Å². The Labute approximate surface area is 131 Å². The lowest BCUT2D eigenvalue weighted by Gasteiger charge is -2.43. The zero-order valence-corrected chi connectivity index (χ0v) is 12.4. The zero-order valence-electron chi connectivity index (χ0n) is 12.4. The first-order valence-electron chi connectivity index (χ1n) is 7.30. The molecule has 2 atom stereocenters. The summed E-state index contributed by atoms with van der Waals surface area (Å²) < 4.78 is 38.5. The summed E-state index contributed by atoms with van der Waals surface area (Å²) in [5, 5.41) is 22.9. The Balaban J connectivity index is 2.00. The predicted molar refractivity (Wildman–Crippen MR) is 79.2 cm³/mol. The summed E-state index contributed by atoms with van der Waals surface area (Å²) in [6.45, 7) is 1.94. The van der Waals surface area contributed by atoms with E-state index < -0.39 is 17.8 Å². The molecule has 1 aliphatic heterocycles. The number of halogens is 3. The summed E-state index contributed by atoms with van der Waals surface area (Å²) in [5.41, 5.74) is 3.18. The minimum Gasteiger partial charge on any atom is -0.739 e. The number of hydrogen-bond acceptors (Lipinski definition) is 4. The second kappa shape index (κ2) is 5.58. The molecule has 0 radical (unpaired) electrons. The van der Waals surface area contributed by atoms with Crippen LogP contribution in [-0.2, 0) is 6.18 Å². The molecule has 1 aliphatic carbocycles. The summed E-state index contributed by atoms with van der Waals surface area (Å²) in [4.78, 5) is 0. The highest BCUT2D eigenvalue weighted by atomic mass is 19.4. The number of allylic oxidation sites excluding steroid dienone is 1. The molecule has 2 unspecified atom stereocenters. The van der Waals surface area contributed by atoms with Crippen LogP contribution < -0.4 is 5.43 Å². The molecule has 0 bridgehead atoms. The molecule has 0 fully saturated rings. The van der Waals surface area contributed by atoms with Crippen molar-refractivity contribution in [3.63, 3.8) is 0 Å². The summed E-state index contributed by atoms with van der Waals surface area (Å²) in [6, 6.07) is 4.74. The maximum Gasteiger partial charge on any atom is 0.416 e. The Morgan fingerprint density at radius 1 is 1.35 bits per heavy atom. The molecule has 2 N–H and O–H groups in total. The molecule has 0 spiro atoms. The van der Waals surface area contributed by atoms with E-state index in [1.165, 1.54) is 12.1 Å². The van der Waals surface area contributed by atoms with Gasteiger partial charge in [0.15, 0.2) is 0 Å². The number of nitrogens with zero attached hydrogens (tertiary/aromatic N) is 1. The molecule has 0 saturated heterocycles. The van der Waals surface area contributed by atoms with E-state index in [2.05, 4.69) is 5.43 Å². The number of hydrogen-bond donors (Lipinski definition) is 2. The third kappa shape index (κ3) is 3.07. The molecule has 124 valence electrons. The Kier molecular flexibility index (Phi) is 3.85. The third-order valence-corrected chi connectivity index (χ3v) is 4.13. The van der Waals surface area contributed by atoms with Crippen LogP contribution in [0.15, 0.2) is 41.6 Å². The van der Waals surface area contributed by atoms with Gasteiger partial charge in [0.05, 0.1) is 17.4 Å². The highest BCUT2D eigenvalue weighted by molar-refractivity contribution is 5.69. The smallest absolute Gasteiger partial charge is 0.416 e. The molecule has 2 aliphatic rings. The number of benzene rings is 1. The van der Waals surface area contributed by atoms with Crippen molar-refractivity contribution in [3.05, 3.63) is 57.9 Å². The fourth-order valence-electron chi connectivity index (χ4n) is 2.99. The Morgan fingerprint density at radius 2 is 2.09 bits per heavy atom. The fraction of sp³-hybridized carbons (Fsp3) is 0.375. The topological polar surface area (TPSA) is 58.6 Å². The lowest BCUT2D eigenvalue weighted by atomic mass is 9.85. The highest BCUT2D eigenvalue weighted by Crippen LogP contribution is 2.36. The third-order valence-electron chi connectivity index (χ3n) is 4.13. The average molecular weight is 325 g/mol. The van der Waals surface area contributed by atoms with Crippen molar-refractivity contribution in [2.24, 2.45) is 5.92 Å². The van der Waals surface area contributed by atoms with Gasteiger partial charge < -0.3 is 20.9 Å². The van der Waals surface area contributed by atoms with E-state index in [-0.39, 0.29) is 17.2 Å². The standard InChI is InChI=1S/C16H16F3N2O2/c1-9-5-14-12(15(22)6-9)8-13(20-21(14)23)10-3-2-4-11(7-10)16(17,18)19/h2-4,7-9,15,20,22H,5-6H2,1H3/q-1. The number of aliphatic hydroxyl groups excluding tert-OH is 1. The molecule has 23 heavy (non-hydrogen) atoms. The number of hydrazine groups is 1. The second-order valence-corrected chi connectivity index (χ2v) is 6.01. The summed E-state index contributed by atoms with van der Waals surface area (Å²) in [6.07, 6.45) is -2.62. The second-order valence-electron chi connectivity index (χ2n) is 6.01. The average Bonchev–Trinajstić information content (AvgIpc) is 2.47. The van der Waals surface area contributed by atoms with Gasteiger partial charge in [0.25, 0.3) is 0 Å². The maximum absolute atomic E-state index is 12.8. The van der Waals surface area contributed by atoms with Crippen molar-refractivity contribution in [1.29, 1.82) is 0 Å². The van der Waals surface area contributed by atoms with Crippen LogP contribution in [0, 0.1) is 11.1 Å². The Hall–Kier alpha value is -1.99. The summed E-state index contributed by atoms with van der Waals surface area (Å²) in [7, 11) is 0. The molecular weight excluding hydrogens is 309 g/mol. The van der Waals surface area contributed by atoms with E-state index >= 15 is 0 Å². The first kappa shape index (κ1) is 15.9. The largest absolute Gasteiger partial charge is 0.739 e. The minimum absolute atomic E-state index is 0.172. The number of aliphatic hydroxyl groups is 1. The highest BCUT2D eigenvalue weighted by Gasteiger charge is 2.32. The van der Waals surface area contributed by atoms with Gasteiger partial charge in [-0.1, -0.05) is 19.1 Å². The van der Waals surface area contributed by atoms with Crippen LogP contribution in [0.2, 0.25) is 0 Å². The van der Waals surface area contributed by atoms with Gasteiger partial charge in [-0.15, -0.1) is 0 Å². The van der Waals surface area contributed by atoms with Gasteiger partial charge in [0, 0.05) is 11.3 Å². The van der Waals surface area contributed by atoms with Gasteiger partial charge in [-0.2, -0.15) is 13.2 Å². The van der Waals surface area contributed by atoms with Crippen molar-refractivity contribution in [2.45, 2.75) is 32.0 Å². The number of rotatable bonds is 1. The quantitative estimate of drug-likeness (QED) is 0.831. The van der Waals surface area contributed by atoms with Gasteiger partial charge in [-0.25, -0.2) is 0 Å². The van der Waals surface area contributed by atoms with Gasteiger partial charge in [0.1, 0.15) is 0 Å². The molecular formula is C16H16F3N2O2-. The van der Waals surface area contributed by atoms with E-state index in [9.17, 15) is 23.5 Å². The molecule has 1 heterocycles. The van der Waals surface area contributed by atoms with Crippen LogP contribution in [0.1, 0.15) is 30.9 Å². The van der Waals surface area contributed by atoms with Gasteiger partial charge in [0.2, 0.25) is 0 Å². The van der Waals surface area contributed by atoms with Crippen LogP contribution in [-0.4, -0.2) is 16.4 Å². The van der Waals surface area contributed by atoms with Crippen LogP contribution in [0.4, 0.5) is 13.2 Å². The van der Waals surface area contributed by atoms with E-state index in [0.29, 0.717) is 29.3 Å². The van der Waals surface area contributed by atoms with Crippen molar-refractivity contribution in [2.75, 3.05) is 0 Å². The molecule has 0 aromatic heterocycles. The van der Waals surface area contributed by atoms with Crippen LogP contribution in [0.3, 0.4) is 0 Å². The van der Waals surface area contributed by atoms with Gasteiger partial charge in [-0.3, -0.25) is 0 Å². The van der Waals surface area contributed by atoms with Crippen molar-refractivity contribution in [3.8, 4) is 0 Å². The molecule has 0 amide bonds. The van der Waals surface area contributed by atoms with Gasteiger partial charge in [-0.05, 0) is 42.5 Å². The van der Waals surface area contributed by atoms with Crippen LogP contribution in [0.25, 0.3) is 5.70 Å². The fourth-order valence-corrected chi connectivity index (χ4v) is 2.99. The SMILES string of the molecule is CC1CC2=C(C=C(c3cccc(C(F)(F)F)c3)NN2[O-])C(O)C1. The van der Waals surface area contributed by atoms with E-state index in [1.807, 2.05) is 6.92 Å². The molecule has 3 rings (SSSR count). The van der Waals surface area contributed by atoms with Gasteiger partial charge >= 0.3 is 6.18 Å². The summed E-state index contributed by atoms with van der Waals surface area (Å²) in [5.74, 6) is 0.172. The molecule has 1 aromatic rings. The lowest BCUT2D eigenvalue weighted by molar-refractivity contribution is -0.137. The molecule has 0 saturated carbocycles. The lowest BCUT2D eigenvalue weighted by Crippen LogP contribution is -2.39. The normalized spacial score (nSPS) is 25.0. The molecule has 1 aromatic carbocycles. The van der Waals surface area contributed by atoms with Crippen LogP contribution in [0.5, 0.6) is 0 Å². The van der Waals surface area contributed by atoms with E-state index in [4.69, 9.17) is 0 Å². The molecule has 4 nitrogen and oxygen atoms in total. The maximum atomic E-state index is 12.8. The molecule has 7 heteroatoms.